The normalized spacial score (nSPS) is 11.6. The average Bonchev–Trinajstić information content (AvgIpc) is 2.83. The van der Waals surface area contributed by atoms with E-state index in [9.17, 15) is 14.4 Å². The highest BCUT2D eigenvalue weighted by atomic mass is 16.6. The summed E-state index contributed by atoms with van der Waals surface area (Å²) in [6, 6.07) is 11.8. The Labute approximate surface area is 204 Å². The summed E-state index contributed by atoms with van der Waals surface area (Å²) < 4.78 is 20.7. The smallest absolute Gasteiger partial charge is 0.343 e. The molecule has 0 aliphatic carbocycles. The summed E-state index contributed by atoms with van der Waals surface area (Å²) in [5.41, 5.74) is 3.59. The number of anilines is 1. The Morgan fingerprint density at radius 1 is 0.971 bits per heavy atom. The van der Waals surface area contributed by atoms with Crippen molar-refractivity contribution in [2.24, 2.45) is 16.9 Å². The Balaban J connectivity index is 2.05. The number of carbonyl (C=O) groups is 3. The van der Waals surface area contributed by atoms with Gasteiger partial charge in [-0.1, -0.05) is 13.8 Å². The zero-order valence-corrected chi connectivity index (χ0v) is 20.5. The van der Waals surface area contributed by atoms with Crippen LogP contribution in [0, 0.1) is 11.8 Å². The lowest BCUT2D eigenvalue weighted by molar-refractivity contribution is -0.143. The fourth-order valence-electron chi connectivity index (χ4n) is 3.05. The van der Waals surface area contributed by atoms with E-state index in [-0.39, 0.29) is 12.5 Å². The number of carbonyl (C=O) groups excluding carboxylic acids is 3. The topological polar surface area (TPSA) is 125 Å². The van der Waals surface area contributed by atoms with Gasteiger partial charge in [-0.15, -0.1) is 0 Å². The zero-order chi connectivity index (χ0) is 25.8. The van der Waals surface area contributed by atoms with E-state index in [4.69, 9.17) is 14.2 Å². The van der Waals surface area contributed by atoms with Crippen LogP contribution in [0.25, 0.3) is 0 Å². The fourth-order valence-corrected chi connectivity index (χ4v) is 3.05. The first kappa shape index (κ1) is 27.2. The van der Waals surface area contributed by atoms with Crippen molar-refractivity contribution in [1.29, 1.82) is 0 Å². The molecule has 2 aromatic carbocycles. The molecule has 2 amide bonds. The molecule has 1 unspecified atom stereocenters. The summed E-state index contributed by atoms with van der Waals surface area (Å²) in [6.07, 6.45) is 1.42. The van der Waals surface area contributed by atoms with E-state index in [0.717, 1.165) is 0 Å². The van der Waals surface area contributed by atoms with E-state index in [1.165, 1.54) is 13.3 Å². The van der Waals surface area contributed by atoms with Crippen LogP contribution in [0.3, 0.4) is 0 Å². The lowest BCUT2D eigenvalue weighted by atomic mass is 9.94. The van der Waals surface area contributed by atoms with Gasteiger partial charge < -0.3 is 24.3 Å². The van der Waals surface area contributed by atoms with Crippen LogP contribution in [0.4, 0.5) is 5.69 Å². The van der Waals surface area contributed by atoms with Crippen LogP contribution in [0.1, 0.15) is 26.3 Å². The summed E-state index contributed by atoms with van der Waals surface area (Å²) in [5.74, 6) is -1.28. The van der Waals surface area contributed by atoms with E-state index in [1.54, 1.807) is 63.4 Å². The third-order valence-corrected chi connectivity index (χ3v) is 4.82. The van der Waals surface area contributed by atoms with E-state index in [1.807, 2.05) is 6.92 Å². The SMILES string of the molecule is CCOc1cc(C=NNC(=O)C(C(=O)Nc2ccc(OC)cc2)C(C)C)ccc1OCC(=O)OC. The minimum Gasteiger partial charge on any atom is -0.497 e. The molecule has 0 aliphatic rings. The van der Waals surface area contributed by atoms with Crippen molar-refractivity contribution in [2.75, 3.05) is 32.8 Å². The second-order valence-corrected chi connectivity index (χ2v) is 7.68. The predicted molar refractivity (Wildman–Crippen MR) is 131 cm³/mol. The number of rotatable bonds is 12. The molecule has 0 aromatic heterocycles. The number of methoxy groups -OCH3 is 2. The van der Waals surface area contributed by atoms with Crippen LogP contribution in [0.15, 0.2) is 47.6 Å². The highest BCUT2D eigenvalue weighted by Gasteiger charge is 2.30. The van der Waals surface area contributed by atoms with Crippen LogP contribution in [-0.4, -0.2) is 51.4 Å². The van der Waals surface area contributed by atoms with Crippen LogP contribution < -0.4 is 25.0 Å². The highest BCUT2D eigenvalue weighted by Crippen LogP contribution is 2.28. The number of hydrazone groups is 1. The molecule has 0 bridgehead atoms. The first-order valence-electron chi connectivity index (χ1n) is 11.0. The molecular weight excluding hydrogens is 454 g/mol. The van der Waals surface area contributed by atoms with E-state index in [2.05, 4.69) is 20.6 Å². The van der Waals surface area contributed by atoms with Gasteiger partial charge in [-0.2, -0.15) is 5.10 Å². The van der Waals surface area contributed by atoms with Gasteiger partial charge >= 0.3 is 5.97 Å². The predicted octanol–water partition coefficient (Wildman–Crippen LogP) is 3.01. The number of esters is 1. The molecule has 188 valence electrons. The van der Waals surface area contributed by atoms with Crippen molar-refractivity contribution in [3.63, 3.8) is 0 Å². The Morgan fingerprint density at radius 3 is 2.29 bits per heavy atom. The number of benzene rings is 2. The minimum absolute atomic E-state index is 0.255. The Hall–Kier alpha value is -4.08. The molecule has 2 aromatic rings. The number of hydrogen-bond donors (Lipinski definition) is 2. The Bertz CT molecular complexity index is 1040. The monoisotopic (exact) mass is 485 g/mol. The molecule has 0 fully saturated rings. The molecule has 2 N–H and O–H groups in total. The first-order chi connectivity index (χ1) is 16.8. The van der Waals surface area contributed by atoms with Gasteiger partial charge in [0.05, 0.1) is 27.0 Å². The lowest BCUT2D eigenvalue weighted by Crippen LogP contribution is -2.39. The van der Waals surface area contributed by atoms with Crippen molar-refractivity contribution >= 4 is 29.7 Å². The van der Waals surface area contributed by atoms with Crippen molar-refractivity contribution < 1.29 is 33.3 Å². The molecular formula is C25H31N3O7. The zero-order valence-electron chi connectivity index (χ0n) is 20.5. The molecule has 0 saturated heterocycles. The maximum Gasteiger partial charge on any atom is 0.343 e. The number of amides is 2. The van der Waals surface area contributed by atoms with Crippen LogP contribution >= 0.6 is 0 Å². The summed E-state index contributed by atoms with van der Waals surface area (Å²) >= 11 is 0. The van der Waals surface area contributed by atoms with Crippen LogP contribution in [-0.2, 0) is 19.1 Å². The average molecular weight is 486 g/mol. The maximum atomic E-state index is 12.8. The minimum atomic E-state index is -0.956. The van der Waals surface area contributed by atoms with Gasteiger partial charge in [0.2, 0.25) is 5.91 Å². The molecule has 0 saturated carbocycles. The number of hydrogen-bond acceptors (Lipinski definition) is 8. The van der Waals surface area contributed by atoms with Gasteiger partial charge in [0.1, 0.15) is 11.7 Å². The molecule has 35 heavy (non-hydrogen) atoms. The second-order valence-electron chi connectivity index (χ2n) is 7.68. The number of nitrogens with zero attached hydrogens (tertiary/aromatic N) is 1. The summed E-state index contributed by atoms with van der Waals surface area (Å²) in [6.45, 7) is 5.50. The largest absolute Gasteiger partial charge is 0.497 e. The number of nitrogens with one attached hydrogen (secondary N) is 2. The van der Waals surface area contributed by atoms with Gasteiger partial charge in [0.15, 0.2) is 18.1 Å². The highest BCUT2D eigenvalue weighted by molar-refractivity contribution is 6.06. The van der Waals surface area contributed by atoms with Gasteiger partial charge in [-0.3, -0.25) is 9.59 Å². The van der Waals surface area contributed by atoms with Crippen LogP contribution in [0.5, 0.6) is 17.2 Å². The van der Waals surface area contributed by atoms with E-state index >= 15 is 0 Å². The standard InChI is InChI=1S/C25H31N3O7/c1-6-34-21-13-17(7-12-20(21)35-15-22(29)33-5)14-26-28-25(31)23(16(2)3)24(30)27-18-8-10-19(32-4)11-9-18/h7-14,16,23H,6,15H2,1-5H3,(H,27,30)(H,28,31). The Kier molecular flexibility index (Phi) is 10.5. The first-order valence-corrected chi connectivity index (χ1v) is 11.0. The third-order valence-electron chi connectivity index (χ3n) is 4.82. The van der Waals surface area contributed by atoms with Crippen molar-refractivity contribution in [3.05, 3.63) is 48.0 Å². The second kappa shape index (κ2) is 13.6. The summed E-state index contributed by atoms with van der Waals surface area (Å²) in [4.78, 5) is 36.8. The molecule has 10 nitrogen and oxygen atoms in total. The number of ether oxygens (including phenoxy) is 4. The van der Waals surface area contributed by atoms with Gasteiger partial charge in [-0.05, 0) is 60.9 Å². The van der Waals surface area contributed by atoms with Gasteiger partial charge in [-0.25, -0.2) is 10.2 Å². The van der Waals surface area contributed by atoms with Crippen molar-refractivity contribution in [2.45, 2.75) is 20.8 Å². The molecule has 0 aliphatic heterocycles. The quantitative estimate of drug-likeness (QED) is 0.205. The van der Waals surface area contributed by atoms with Gasteiger partial charge in [0, 0.05) is 5.69 Å². The molecule has 2 rings (SSSR count). The molecule has 0 radical (unpaired) electrons. The van der Waals surface area contributed by atoms with Crippen molar-refractivity contribution in [3.8, 4) is 17.2 Å². The van der Waals surface area contributed by atoms with Crippen molar-refractivity contribution in [1.82, 2.24) is 5.43 Å². The van der Waals surface area contributed by atoms with E-state index < -0.39 is 23.7 Å². The molecule has 10 heteroatoms. The third kappa shape index (κ3) is 8.33. The van der Waals surface area contributed by atoms with E-state index in [0.29, 0.717) is 35.1 Å². The van der Waals surface area contributed by atoms with Gasteiger partial charge in [0.25, 0.3) is 5.91 Å². The fraction of sp³-hybridized carbons (Fsp3) is 0.360. The molecule has 1 atom stereocenters. The lowest BCUT2D eigenvalue weighted by Gasteiger charge is -2.18. The summed E-state index contributed by atoms with van der Waals surface area (Å²) in [7, 11) is 2.83. The van der Waals surface area contributed by atoms with Crippen LogP contribution in [0.2, 0.25) is 0 Å². The molecule has 0 spiro atoms. The Morgan fingerprint density at radius 2 is 1.69 bits per heavy atom. The molecule has 0 heterocycles. The maximum absolute atomic E-state index is 12.8. The summed E-state index contributed by atoms with van der Waals surface area (Å²) in [5, 5.41) is 6.73.